The van der Waals surface area contributed by atoms with Gasteiger partial charge in [0.05, 0.1) is 22.6 Å². The molecule has 138 valence electrons. The first-order valence-corrected chi connectivity index (χ1v) is 9.33. The largest absolute Gasteiger partial charge is 0.348 e. The highest BCUT2D eigenvalue weighted by atomic mass is 19.1. The molecule has 2 aromatic rings. The normalized spacial score (nSPS) is 23.4. The number of carbonyl (C=O) groups is 1. The molecule has 1 aromatic heterocycles. The third-order valence-corrected chi connectivity index (χ3v) is 5.56. The molecule has 2 aliphatic rings. The average molecular weight is 356 g/mol. The zero-order valence-electron chi connectivity index (χ0n) is 15.5. The minimum absolute atomic E-state index is 0.0665. The Morgan fingerprint density at radius 3 is 2.58 bits per heavy atom. The van der Waals surface area contributed by atoms with Gasteiger partial charge in [-0.15, -0.1) is 0 Å². The number of hydrogen-bond acceptors (Lipinski definition) is 3. The maximum Gasteiger partial charge on any atom is 0.255 e. The summed E-state index contributed by atoms with van der Waals surface area (Å²) in [7, 11) is 0. The lowest BCUT2D eigenvalue weighted by atomic mass is 10.1. The van der Waals surface area contributed by atoms with Crippen LogP contribution in [0.1, 0.15) is 47.9 Å². The molecule has 1 aromatic carbocycles. The number of aromatic nitrogens is 2. The van der Waals surface area contributed by atoms with Gasteiger partial charge in [-0.2, -0.15) is 5.10 Å². The van der Waals surface area contributed by atoms with Crippen molar-refractivity contribution in [3.63, 3.8) is 0 Å². The van der Waals surface area contributed by atoms with Crippen LogP contribution in [0.5, 0.6) is 0 Å². The quantitative estimate of drug-likeness (QED) is 0.916. The first-order valence-electron chi connectivity index (χ1n) is 9.33. The molecule has 1 aliphatic carbocycles. The Morgan fingerprint density at radius 1 is 1.23 bits per heavy atom. The summed E-state index contributed by atoms with van der Waals surface area (Å²) < 4.78 is 14.9. The van der Waals surface area contributed by atoms with Crippen molar-refractivity contribution in [2.24, 2.45) is 0 Å². The highest BCUT2D eigenvalue weighted by molar-refractivity contribution is 5.96. The standard InChI is InChI=1S/C20H25FN4O/c1-12-10-16(11-24(12)17-8-9-17)22-20(26)19-13(2)23-25(14(19)3)18-6-4-15(21)5-7-18/h4-7,12,16-17H,8-11H2,1-3H3,(H,22,26)/t12-,16-/m0/s1. The van der Waals surface area contributed by atoms with E-state index in [0.29, 0.717) is 17.3 Å². The van der Waals surface area contributed by atoms with E-state index in [1.165, 1.54) is 25.0 Å². The highest BCUT2D eigenvalue weighted by Crippen LogP contribution is 2.33. The zero-order chi connectivity index (χ0) is 18.4. The summed E-state index contributed by atoms with van der Waals surface area (Å²) >= 11 is 0. The van der Waals surface area contributed by atoms with E-state index in [2.05, 4.69) is 22.2 Å². The third kappa shape index (κ3) is 3.14. The number of benzene rings is 1. The summed E-state index contributed by atoms with van der Waals surface area (Å²) in [4.78, 5) is 15.4. The van der Waals surface area contributed by atoms with Crippen LogP contribution < -0.4 is 5.32 Å². The van der Waals surface area contributed by atoms with Gasteiger partial charge in [0.1, 0.15) is 5.82 Å². The van der Waals surface area contributed by atoms with Gasteiger partial charge in [-0.1, -0.05) is 0 Å². The SMILES string of the molecule is Cc1nn(-c2ccc(F)cc2)c(C)c1C(=O)N[C@H]1C[C@H](C)N(C2CC2)C1. The minimum atomic E-state index is -0.288. The van der Waals surface area contributed by atoms with Gasteiger partial charge in [0.2, 0.25) is 0 Å². The van der Waals surface area contributed by atoms with Crippen molar-refractivity contribution in [2.75, 3.05) is 6.54 Å². The molecule has 0 unspecified atom stereocenters. The molecule has 26 heavy (non-hydrogen) atoms. The highest BCUT2D eigenvalue weighted by Gasteiger charge is 2.39. The van der Waals surface area contributed by atoms with Crippen molar-refractivity contribution in [1.29, 1.82) is 0 Å². The lowest BCUT2D eigenvalue weighted by Crippen LogP contribution is -2.38. The maximum absolute atomic E-state index is 13.2. The fourth-order valence-corrected chi connectivity index (χ4v) is 4.14. The van der Waals surface area contributed by atoms with E-state index in [1.807, 2.05) is 13.8 Å². The Morgan fingerprint density at radius 2 is 1.92 bits per heavy atom. The van der Waals surface area contributed by atoms with Crippen LogP contribution in [-0.2, 0) is 0 Å². The van der Waals surface area contributed by atoms with Crippen molar-refractivity contribution in [2.45, 2.75) is 58.2 Å². The van der Waals surface area contributed by atoms with E-state index in [9.17, 15) is 9.18 Å². The number of aryl methyl sites for hydroxylation is 1. The predicted octanol–water partition coefficient (Wildman–Crippen LogP) is 2.98. The van der Waals surface area contributed by atoms with Crippen LogP contribution in [0.3, 0.4) is 0 Å². The van der Waals surface area contributed by atoms with Crippen molar-refractivity contribution >= 4 is 5.91 Å². The van der Waals surface area contributed by atoms with Crippen LogP contribution in [0, 0.1) is 19.7 Å². The number of hydrogen-bond donors (Lipinski definition) is 1. The molecule has 2 heterocycles. The second kappa shape index (κ2) is 6.50. The summed E-state index contributed by atoms with van der Waals surface area (Å²) in [5.41, 5.74) is 2.83. The van der Waals surface area contributed by atoms with E-state index in [4.69, 9.17) is 0 Å². The molecule has 0 bridgehead atoms. The first kappa shape index (κ1) is 17.2. The number of carbonyl (C=O) groups excluding carboxylic acids is 1. The van der Waals surface area contributed by atoms with E-state index in [0.717, 1.165) is 30.4 Å². The molecular weight excluding hydrogens is 331 g/mol. The van der Waals surface area contributed by atoms with Gasteiger partial charge in [-0.05, 0) is 64.3 Å². The Bertz CT molecular complexity index is 825. The van der Waals surface area contributed by atoms with Crippen LogP contribution in [0.15, 0.2) is 24.3 Å². The van der Waals surface area contributed by atoms with Crippen molar-refractivity contribution in [3.05, 3.63) is 47.0 Å². The first-order chi connectivity index (χ1) is 12.4. The smallest absolute Gasteiger partial charge is 0.255 e. The molecule has 5 nitrogen and oxygen atoms in total. The lowest BCUT2D eigenvalue weighted by molar-refractivity contribution is 0.0936. The van der Waals surface area contributed by atoms with Crippen LogP contribution in [0.2, 0.25) is 0 Å². The summed E-state index contributed by atoms with van der Waals surface area (Å²) in [6.45, 7) is 6.90. The zero-order valence-corrected chi connectivity index (χ0v) is 15.5. The van der Waals surface area contributed by atoms with Crippen LogP contribution >= 0.6 is 0 Å². The monoisotopic (exact) mass is 356 g/mol. The molecule has 1 aliphatic heterocycles. The number of amides is 1. The van der Waals surface area contributed by atoms with Crippen LogP contribution in [0.4, 0.5) is 4.39 Å². The van der Waals surface area contributed by atoms with E-state index < -0.39 is 0 Å². The molecule has 1 saturated carbocycles. The predicted molar refractivity (Wildman–Crippen MR) is 98.1 cm³/mol. The van der Waals surface area contributed by atoms with Gasteiger partial charge in [0, 0.05) is 24.7 Å². The van der Waals surface area contributed by atoms with Gasteiger partial charge in [-0.3, -0.25) is 9.69 Å². The number of halogens is 1. The molecular formula is C20H25FN4O. The molecule has 4 rings (SSSR count). The van der Waals surface area contributed by atoms with Crippen LogP contribution in [0.25, 0.3) is 5.69 Å². The van der Waals surface area contributed by atoms with E-state index in [1.54, 1.807) is 16.8 Å². The Hall–Kier alpha value is -2.21. The maximum atomic E-state index is 13.2. The molecule has 1 saturated heterocycles. The molecule has 1 N–H and O–H groups in total. The molecule has 2 fully saturated rings. The summed E-state index contributed by atoms with van der Waals surface area (Å²) in [6, 6.07) is 7.57. The van der Waals surface area contributed by atoms with E-state index in [-0.39, 0.29) is 17.8 Å². The molecule has 0 radical (unpaired) electrons. The lowest BCUT2D eigenvalue weighted by Gasteiger charge is -2.19. The summed E-state index contributed by atoms with van der Waals surface area (Å²) in [6.07, 6.45) is 3.56. The Balaban J connectivity index is 1.52. The number of likely N-dealkylation sites (tertiary alicyclic amines) is 1. The second-order valence-electron chi connectivity index (χ2n) is 7.62. The molecule has 2 atom stereocenters. The van der Waals surface area contributed by atoms with Crippen molar-refractivity contribution in [3.8, 4) is 5.69 Å². The van der Waals surface area contributed by atoms with Crippen molar-refractivity contribution < 1.29 is 9.18 Å². The molecule has 1 amide bonds. The number of nitrogens with zero attached hydrogens (tertiary/aromatic N) is 3. The fourth-order valence-electron chi connectivity index (χ4n) is 4.14. The summed E-state index contributed by atoms with van der Waals surface area (Å²) in [5.74, 6) is -0.355. The minimum Gasteiger partial charge on any atom is -0.348 e. The number of rotatable bonds is 4. The summed E-state index contributed by atoms with van der Waals surface area (Å²) in [5, 5.41) is 7.70. The fraction of sp³-hybridized carbons (Fsp3) is 0.500. The van der Waals surface area contributed by atoms with Crippen LogP contribution in [-0.4, -0.2) is 45.3 Å². The topological polar surface area (TPSA) is 50.2 Å². The third-order valence-electron chi connectivity index (χ3n) is 5.56. The van der Waals surface area contributed by atoms with E-state index >= 15 is 0 Å². The van der Waals surface area contributed by atoms with Crippen molar-refractivity contribution in [1.82, 2.24) is 20.0 Å². The van der Waals surface area contributed by atoms with Gasteiger partial charge in [0.25, 0.3) is 5.91 Å². The van der Waals surface area contributed by atoms with Gasteiger partial charge in [0.15, 0.2) is 0 Å². The average Bonchev–Trinajstić information content (AvgIpc) is 3.30. The number of nitrogens with one attached hydrogen (secondary N) is 1. The van der Waals surface area contributed by atoms with Gasteiger partial charge in [-0.25, -0.2) is 9.07 Å². The van der Waals surface area contributed by atoms with Gasteiger partial charge >= 0.3 is 0 Å². The Kier molecular flexibility index (Phi) is 4.31. The van der Waals surface area contributed by atoms with Gasteiger partial charge < -0.3 is 5.32 Å². The Labute approximate surface area is 153 Å². The molecule has 6 heteroatoms. The molecule has 0 spiro atoms. The second-order valence-corrected chi connectivity index (χ2v) is 7.62.